The van der Waals surface area contributed by atoms with Crippen molar-refractivity contribution in [3.8, 4) is 0 Å². The molecule has 4 nitrogen and oxygen atoms in total. The van der Waals surface area contributed by atoms with Crippen molar-refractivity contribution >= 4 is 6.03 Å². The van der Waals surface area contributed by atoms with Gasteiger partial charge in [-0.2, -0.15) is 0 Å². The Morgan fingerprint density at radius 2 is 1.67 bits per heavy atom. The number of carbonyl (C=O) groups is 1. The van der Waals surface area contributed by atoms with Crippen molar-refractivity contribution in [3.05, 3.63) is 0 Å². The van der Waals surface area contributed by atoms with E-state index in [4.69, 9.17) is 0 Å². The maximum Gasteiger partial charge on any atom is 0.317 e. The molecule has 2 N–H and O–H groups in total. The maximum absolute atomic E-state index is 12.1. The lowest BCUT2D eigenvalue weighted by atomic mass is 9.72. The van der Waals surface area contributed by atoms with Gasteiger partial charge in [0, 0.05) is 18.6 Å². The van der Waals surface area contributed by atoms with Crippen LogP contribution in [0.1, 0.15) is 46.5 Å². The summed E-state index contributed by atoms with van der Waals surface area (Å²) >= 11 is 0. The molecule has 18 heavy (non-hydrogen) atoms. The van der Waals surface area contributed by atoms with E-state index < -0.39 is 0 Å². The summed E-state index contributed by atoms with van der Waals surface area (Å²) in [5.41, 5.74) is 0.380. The van der Waals surface area contributed by atoms with Crippen LogP contribution in [0.5, 0.6) is 0 Å². The summed E-state index contributed by atoms with van der Waals surface area (Å²) in [4.78, 5) is 14.1. The molecule has 2 heterocycles. The minimum atomic E-state index is -0.138. The van der Waals surface area contributed by atoms with E-state index >= 15 is 0 Å². The summed E-state index contributed by atoms with van der Waals surface area (Å²) in [6.45, 7) is 10.2. The molecule has 2 amide bonds. The number of rotatable bonds is 0. The predicted octanol–water partition coefficient (Wildman–Crippen LogP) is 1.96. The monoisotopic (exact) mass is 253 g/mol. The highest BCUT2D eigenvalue weighted by Gasteiger charge is 2.37. The van der Waals surface area contributed by atoms with Gasteiger partial charge < -0.3 is 15.5 Å². The summed E-state index contributed by atoms with van der Waals surface area (Å²) in [6, 6.07) is 0.103. The highest BCUT2D eigenvalue weighted by molar-refractivity contribution is 5.75. The summed E-state index contributed by atoms with van der Waals surface area (Å²) in [6.07, 6.45) is 4.90. The molecule has 2 fully saturated rings. The normalized spacial score (nSPS) is 24.1. The summed E-state index contributed by atoms with van der Waals surface area (Å²) in [5, 5.41) is 6.48. The number of hydrogen-bond acceptors (Lipinski definition) is 2. The molecule has 0 unspecified atom stereocenters. The third-order valence-corrected chi connectivity index (χ3v) is 4.26. The molecule has 1 spiro atoms. The zero-order chi connectivity index (χ0) is 13.2. The minimum Gasteiger partial charge on any atom is -0.333 e. The number of likely N-dealkylation sites (tertiary alicyclic amines) is 1. The zero-order valence-electron chi connectivity index (χ0n) is 12.0. The van der Waals surface area contributed by atoms with Crippen LogP contribution in [0.3, 0.4) is 0 Å². The van der Waals surface area contributed by atoms with Crippen molar-refractivity contribution in [2.24, 2.45) is 5.41 Å². The van der Waals surface area contributed by atoms with Gasteiger partial charge in [-0.25, -0.2) is 4.79 Å². The van der Waals surface area contributed by atoms with Crippen LogP contribution >= 0.6 is 0 Å². The van der Waals surface area contributed by atoms with E-state index in [0.29, 0.717) is 5.41 Å². The molecular formula is C14H27N3O. The average Bonchev–Trinajstić information content (AvgIpc) is 2.28. The largest absolute Gasteiger partial charge is 0.333 e. The van der Waals surface area contributed by atoms with Gasteiger partial charge in [0.05, 0.1) is 0 Å². The van der Waals surface area contributed by atoms with Crippen molar-refractivity contribution in [1.82, 2.24) is 15.5 Å². The zero-order valence-corrected chi connectivity index (χ0v) is 12.0. The van der Waals surface area contributed by atoms with Gasteiger partial charge >= 0.3 is 6.03 Å². The lowest BCUT2D eigenvalue weighted by molar-refractivity contribution is 0.0854. The van der Waals surface area contributed by atoms with Crippen LogP contribution < -0.4 is 10.6 Å². The summed E-state index contributed by atoms with van der Waals surface area (Å²) in [5.74, 6) is 0. The van der Waals surface area contributed by atoms with Crippen molar-refractivity contribution < 1.29 is 4.79 Å². The third kappa shape index (κ3) is 3.37. The molecule has 0 radical (unpaired) electrons. The fourth-order valence-corrected chi connectivity index (χ4v) is 3.04. The molecule has 2 rings (SSSR count). The number of carbonyl (C=O) groups excluding carboxylic acids is 1. The first kappa shape index (κ1) is 13.7. The van der Waals surface area contributed by atoms with Gasteiger partial charge in [0.1, 0.15) is 0 Å². The number of nitrogens with one attached hydrogen (secondary N) is 2. The highest BCUT2D eigenvalue weighted by Crippen LogP contribution is 2.39. The van der Waals surface area contributed by atoms with Gasteiger partial charge in [0.2, 0.25) is 0 Å². The van der Waals surface area contributed by atoms with Crippen molar-refractivity contribution in [2.75, 3.05) is 26.2 Å². The van der Waals surface area contributed by atoms with Crippen LogP contribution in [0.4, 0.5) is 4.79 Å². The first-order chi connectivity index (χ1) is 8.40. The molecule has 0 bridgehead atoms. The second-order valence-corrected chi connectivity index (χ2v) is 6.92. The smallest absolute Gasteiger partial charge is 0.317 e. The molecule has 0 aromatic carbocycles. The lowest BCUT2D eigenvalue weighted by Crippen LogP contribution is -2.53. The first-order valence-electron chi connectivity index (χ1n) is 7.18. The van der Waals surface area contributed by atoms with Crippen molar-refractivity contribution in [1.29, 1.82) is 0 Å². The van der Waals surface area contributed by atoms with Gasteiger partial charge in [0.15, 0.2) is 0 Å². The van der Waals surface area contributed by atoms with E-state index in [1.807, 2.05) is 25.7 Å². The van der Waals surface area contributed by atoms with Gasteiger partial charge in [-0.3, -0.25) is 0 Å². The highest BCUT2D eigenvalue weighted by atomic mass is 16.2. The topological polar surface area (TPSA) is 44.4 Å². The van der Waals surface area contributed by atoms with E-state index in [2.05, 4.69) is 10.6 Å². The van der Waals surface area contributed by atoms with Crippen LogP contribution in [-0.4, -0.2) is 42.6 Å². The molecule has 4 heteroatoms. The fourth-order valence-electron chi connectivity index (χ4n) is 3.04. The molecule has 0 atom stereocenters. The molecule has 2 aliphatic rings. The second-order valence-electron chi connectivity index (χ2n) is 6.92. The average molecular weight is 253 g/mol. The number of urea groups is 1. The Kier molecular flexibility index (Phi) is 3.85. The van der Waals surface area contributed by atoms with Crippen LogP contribution in [0.25, 0.3) is 0 Å². The molecule has 2 saturated heterocycles. The van der Waals surface area contributed by atoms with E-state index in [-0.39, 0.29) is 11.6 Å². The number of hydrogen-bond donors (Lipinski definition) is 2. The Balaban J connectivity index is 1.84. The molecule has 0 aromatic heterocycles. The minimum absolute atomic E-state index is 0.103. The van der Waals surface area contributed by atoms with Crippen molar-refractivity contribution in [2.45, 2.75) is 52.0 Å². The number of piperidine rings is 2. The standard InChI is InChI=1S/C14H27N3O/c1-13(2,3)16-12(18)17-10-6-14(7-11-17)4-8-15-9-5-14/h15H,4-11H2,1-3H3,(H,16,18). The Hall–Kier alpha value is -0.770. The fraction of sp³-hybridized carbons (Fsp3) is 0.929. The Morgan fingerprint density at radius 1 is 1.11 bits per heavy atom. The van der Waals surface area contributed by atoms with Gasteiger partial charge in [0.25, 0.3) is 0 Å². The van der Waals surface area contributed by atoms with Crippen LogP contribution in [-0.2, 0) is 0 Å². The summed E-state index contributed by atoms with van der Waals surface area (Å²) < 4.78 is 0. The quantitative estimate of drug-likeness (QED) is 0.693. The van der Waals surface area contributed by atoms with Crippen molar-refractivity contribution in [3.63, 3.8) is 0 Å². The van der Waals surface area contributed by atoms with Gasteiger partial charge in [-0.1, -0.05) is 0 Å². The van der Waals surface area contributed by atoms with E-state index in [9.17, 15) is 4.79 Å². The third-order valence-electron chi connectivity index (χ3n) is 4.26. The molecule has 104 valence electrons. The Bertz CT molecular complexity index is 293. The summed E-state index contributed by atoms with van der Waals surface area (Å²) in [7, 11) is 0. The Labute approximate surface area is 110 Å². The first-order valence-corrected chi connectivity index (χ1v) is 7.18. The molecule has 0 aliphatic carbocycles. The molecule has 2 aliphatic heterocycles. The number of amides is 2. The molecule has 0 aromatic rings. The van der Waals surface area contributed by atoms with Gasteiger partial charge in [-0.15, -0.1) is 0 Å². The predicted molar refractivity (Wildman–Crippen MR) is 73.6 cm³/mol. The van der Waals surface area contributed by atoms with E-state index in [1.165, 1.54) is 25.7 Å². The van der Waals surface area contributed by atoms with E-state index in [0.717, 1.165) is 26.2 Å². The molecular weight excluding hydrogens is 226 g/mol. The molecule has 0 saturated carbocycles. The number of nitrogens with zero attached hydrogens (tertiary/aromatic N) is 1. The van der Waals surface area contributed by atoms with Crippen LogP contribution in [0.15, 0.2) is 0 Å². The SMILES string of the molecule is CC(C)(C)NC(=O)N1CCC2(CCNCC2)CC1. The maximum atomic E-state index is 12.1. The lowest BCUT2D eigenvalue weighted by Gasteiger charge is -2.44. The van der Waals surface area contributed by atoms with E-state index in [1.54, 1.807) is 0 Å². The van der Waals surface area contributed by atoms with Crippen LogP contribution in [0.2, 0.25) is 0 Å². The van der Waals surface area contributed by atoms with Crippen LogP contribution in [0, 0.1) is 5.41 Å². The Morgan fingerprint density at radius 3 is 2.17 bits per heavy atom. The van der Waals surface area contributed by atoms with Gasteiger partial charge in [-0.05, 0) is 65.0 Å². The second kappa shape index (κ2) is 5.08.